The van der Waals surface area contributed by atoms with Crippen LogP contribution in [-0.2, 0) is 11.2 Å². The number of fused-ring (bicyclic) bond motifs is 1. The van der Waals surface area contributed by atoms with E-state index in [0.29, 0.717) is 31.3 Å². The van der Waals surface area contributed by atoms with Gasteiger partial charge in [0.2, 0.25) is 5.88 Å². The summed E-state index contributed by atoms with van der Waals surface area (Å²) in [6, 6.07) is 15.4. The second kappa shape index (κ2) is 9.91. The van der Waals surface area contributed by atoms with Crippen molar-refractivity contribution in [3.63, 3.8) is 0 Å². The summed E-state index contributed by atoms with van der Waals surface area (Å²) in [5.41, 5.74) is 1.83. The van der Waals surface area contributed by atoms with Crippen LogP contribution in [0.1, 0.15) is 36.0 Å². The fraction of sp³-hybridized carbons (Fsp3) is 0.308. The molecular formula is C26H26N4O4. The number of likely N-dealkylation sites (tertiary alicyclic amines) is 1. The molecule has 4 aromatic rings. The lowest BCUT2D eigenvalue weighted by molar-refractivity contribution is -0.134. The topological polar surface area (TPSA) is 90.6 Å². The second-order valence-electron chi connectivity index (χ2n) is 8.32. The predicted molar refractivity (Wildman–Crippen MR) is 126 cm³/mol. The molecule has 5 rings (SSSR count). The van der Waals surface area contributed by atoms with Gasteiger partial charge in [-0.3, -0.25) is 4.79 Å². The van der Waals surface area contributed by atoms with E-state index in [1.807, 2.05) is 53.4 Å². The van der Waals surface area contributed by atoms with Crippen LogP contribution in [0.3, 0.4) is 0 Å². The Morgan fingerprint density at radius 3 is 2.88 bits per heavy atom. The van der Waals surface area contributed by atoms with Crippen molar-refractivity contribution in [2.24, 2.45) is 0 Å². The lowest BCUT2D eigenvalue weighted by Gasteiger charge is -2.31. The van der Waals surface area contributed by atoms with Crippen molar-refractivity contribution in [1.82, 2.24) is 19.9 Å². The zero-order valence-corrected chi connectivity index (χ0v) is 19.0. The molecule has 1 atom stereocenters. The highest BCUT2D eigenvalue weighted by molar-refractivity contribution is 5.84. The number of para-hydroxylation sites is 2. The molecule has 174 valence electrons. The summed E-state index contributed by atoms with van der Waals surface area (Å²) in [5.74, 6) is 2.68. The smallest absolute Gasteiger partial charge is 0.260 e. The third kappa shape index (κ3) is 4.71. The maximum absolute atomic E-state index is 12.9. The van der Waals surface area contributed by atoms with Gasteiger partial charge in [0.1, 0.15) is 17.8 Å². The van der Waals surface area contributed by atoms with Gasteiger partial charge in [0, 0.05) is 25.1 Å². The molecule has 0 bridgehead atoms. The van der Waals surface area contributed by atoms with Crippen LogP contribution < -0.4 is 9.47 Å². The molecule has 2 aromatic carbocycles. The number of methoxy groups -OCH3 is 1. The average Bonchev–Trinajstić information content (AvgIpc) is 3.36. The maximum Gasteiger partial charge on any atom is 0.260 e. The summed E-state index contributed by atoms with van der Waals surface area (Å²) in [7, 11) is 1.66. The van der Waals surface area contributed by atoms with Crippen LogP contribution in [0.2, 0.25) is 0 Å². The Morgan fingerprint density at radius 1 is 1.12 bits per heavy atom. The third-order valence-electron chi connectivity index (χ3n) is 6.09. The van der Waals surface area contributed by atoms with Crippen LogP contribution in [0, 0.1) is 0 Å². The van der Waals surface area contributed by atoms with E-state index in [-0.39, 0.29) is 18.4 Å². The molecule has 1 saturated heterocycles. The SMILES string of the molecule is COc1ccccc1Cc1cnc([C@@H]2CCCN(C(=O)COc3ncnc4ccccc34)C2)o1. The van der Waals surface area contributed by atoms with E-state index in [4.69, 9.17) is 13.9 Å². The van der Waals surface area contributed by atoms with E-state index >= 15 is 0 Å². The van der Waals surface area contributed by atoms with E-state index in [2.05, 4.69) is 15.0 Å². The molecule has 0 spiro atoms. The number of amides is 1. The van der Waals surface area contributed by atoms with E-state index in [1.165, 1.54) is 6.33 Å². The van der Waals surface area contributed by atoms with Crippen molar-refractivity contribution in [2.75, 3.05) is 26.8 Å². The first kappa shape index (κ1) is 21.9. The summed E-state index contributed by atoms with van der Waals surface area (Å²) >= 11 is 0. The van der Waals surface area contributed by atoms with Crippen molar-refractivity contribution in [2.45, 2.75) is 25.2 Å². The van der Waals surface area contributed by atoms with Crippen LogP contribution >= 0.6 is 0 Å². The number of rotatable bonds is 7. The summed E-state index contributed by atoms with van der Waals surface area (Å²) in [4.78, 5) is 27.7. The van der Waals surface area contributed by atoms with Gasteiger partial charge in [-0.2, -0.15) is 0 Å². The van der Waals surface area contributed by atoms with Gasteiger partial charge in [0.15, 0.2) is 12.5 Å². The monoisotopic (exact) mass is 458 g/mol. The summed E-state index contributed by atoms with van der Waals surface area (Å²) in [6.07, 6.45) is 5.64. The number of aromatic nitrogens is 3. The van der Waals surface area contributed by atoms with Crippen molar-refractivity contribution < 1.29 is 18.7 Å². The minimum absolute atomic E-state index is 0.0593. The van der Waals surface area contributed by atoms with Crippen molar-refractivity contribution in [3.8, 4) is 11.6 Å². The van der Waals surface area contributed by atoms with Gasteiger partial charge in [0.05, 0.1) is 30.1 Å². The molecule has 2 aromatic heterocycles. The highest BCUT2D eigenvalue weighted by atomic mass is 16.5. The molecule has 3 heterocycles. The zero-order chi connectivity index (χ0) is 23.3. The number of hydrogen-bond donors (Lipinski definition) is 0. The third-order valence-corrected chi connectivity index (χ3v) is 6.09. The number of oxazole rings is 1. The summed E-state index contributed by atoms with van der Waals surface area (Å²) in [6.45, 7) is 1.18. The lowest BCUT2D eigenvalue weighted by Crippen LogP contribution is -2.41. The summed E-state index contributed by atoms with van der Waals surface area (Å²) in [5, 5.41) is 0.789. The average molecular weight is 459 g/mol. The molecular weight excluding hydrogens is 432 g/mol. The van der Waals surface area contributed by atoms with Crippen LogP contribution in [0.15, 0.2) is 65.5 Å². The molecule has 1 aliphatic rings. The number of carbonyl (C=O) groups excluding carboxylic acids is 1. The van der Waals surface area contributed by atoms with Crippen LogP contribution in [0.4, 0.5) is 0 Å². The second-order valence-corrected chi connectivity index (χ2v) is 8.32. The highest BCUT2D eigenvalue weighted by Crippen LogP contribution is 2.29. The number of hydrogen-bond acceptors (Lipinski definition) is 7. The van der Waals surface area contributed by atoms with Crippen LogP contribution in [-0.4, -0.2) is 52.6 Å². The predicted octanol–water partition coefficient (Wildman–Crippen LogP) is 4.00. The number of nitrogens with zero attached hydrogens (tertiary/aromatic N) is 4. The lowest BCUT2D eigenvalue weighted by atomic mass is 9.98. The Kier molecular flexibility index (Phi) is 6.38. The van der Waals surface area contributed by atoms with Gasteiger partial charge < -0.3 is 18.8 Å². The number of piperidine rings is 1. The Labute approximate surface area is 197 Å². The van der Waals surface area contributed by atoms with Crippen LogP contribution in [0.5, 0.6) is 11.6 Å². The Morgan fingerprint density at radius 2 is 1.97 bits per heavy atom. The molecule has 8 nitrogen and oxygen atoms in total. The molecule has 1 fully saturated rings. The number of benzene rings is 2. The molecule has 0 N–H and O–H groups in total. The molecule has 1 aliphatic heterocycles. The standard InChI is InChI=1S/C26H26N4O4/c1-32-23-11-5-2-7-18(23)13-20-14-27-25(34-20)19-8-6-12-30(15-19)24(31)16-33-26-21-9-3-4-10-22(21)28-17-29-26/h2-5,7,9-11,14,17,19H,6,8,12-13,15-16H2,1H3/t19-/m1/s1. The van der Waals surface area contributed by atoms with Crippen molar-refractivity contribution in [3.05, 3.63) is 78.3 Å². The maximum atomic E-state index is 12.9. The first-order chi connectivity index (χ1) is 16.7. The van der Waals surface area contributed by atoms with E-state index in [9.17, 15) is 4.79 Å². The minimum Gasteiger partial charge on any atom is -0.496 e. The molecule has 8 heteroatoms. The molecule has 1 amide bonds. The minimum atomic E-state index is -0.0757. The van der Waals surface area contributed by atoms with Crippen molar-refractivity contribution in [1.29, 1.82) is 0 Å². The number of carbonyl (C=O) groups is 1. The normalized spacial score (nSPS) is 15.9. The Bertz CT molecular complexity index is 1280. The van der Waals surface area contributed by atoms with Gasteiger partial charge in [-0.05, 0) is 31.0 Å². The van der Waals surface area contributed by atoms with Crippen molar-refractivity contribution >= 4 is 16.8 Å². The molecule has 34 heavy (non-hydrogen) atoms. The van der Waals surface area contributed by atoms with Gasteiger partial charge in [-0.1, -0.05) is 30.3 Å². The fourth-order valence-corrected chi connectivity index (χ4v) is 4.35. The molecule has 0 unspecified atom stereocenters. The quantitative estimate of drug-likeness (QED) is 0.413. The van der Waals surface area contributed by atoms with E-state index in [0.717, 1.165) is 40.8 Å². The fourth-order valence-electron chi connectivity index (χ4n) is 4.35. The Hall–Kier alpha value is -3.94. The van der Waals surface area contributed by atoms with E-state index in [1.54, 1.807) is 13.3 Å². The number of ether oxygens (including phenoxy) is 2. The van der Waals surface area contributed by atoms with Gasteiger partial charge >= 0.3 is 0 Å². The van der Waals surface area contributed by atoms with Gasteiger partial charge in [0.25, 0.3) is 5.91 Å². The zero-order valence-electron chi connectivity index (χ0n) is 19.0. The van der Waals surface area contributed by atoms with Crippen LogP contribution in [0.25, 0.3) is 10.9 Å². The molecule has 0 aliphatic carbocycles. The van der Waals surface area contributed by atoms with Gasteiger partial charge in [-0.15, -0.1) is 0 Å². The highest BCUT2D eigenvalue weighted by Gasteiger charge is 2.28. The first-order valence-electron chi connectivity index (χ1n) is 11.4. The van der Waals surface area contributed by atoms with E-state index < -0.39 is 0 Å². The Balaban J connectivity index is 1.21. The molecule has 0 saturated carbocycles. The molecule has 0 radical (unpaired) electrons. The van der Waals surface area contributed by atoms with Gasteiger partial charge in [-0.25, -0.2) is 15.0 Å². The first-order valence-corrected chi connectivity index (χ1v) is 11.4. The summed E-state index contributed by atoms with van der Waals surface area (Å²) < 4.78 is 17.3. The largest absolute Gasteiger partial charge is 0.496 e.